The second kappa shape index (κ2) is 8.73. The van der Waals surface area contributed by atoms with Gasteiger partial charge in [0.25, 0.3) is 20.2 Å². The van der Waals surface area contributed by atoms with Crippen LogP contribution in [-0.4, -0.2) is 33.1 Å². The van der Waals surface area contributed by atoms with E-state index in [1.165, 1.54) is 43.5 Å². The van der Waals surface area contributed by atoms with Crippen molar-refractivity contribution in [3.05, 3.63) is 88.5 Å². The smallest absolute Gasteiger partial charge is 0.295 e. The number of methoxy groups -OCH3 is 1. The number of rotatable bonds is 6. The first-order valence-electron chi connectivity index (χ1n) is 9.85. The van der Waals surface area contributed by atoms with Crippen LogP contribution in [0, 0.1) is 0 Å². The maximum Gasteiger partial charge on any atom is 0.295 e. The van der Waals surface area contributed by atoms with Gasteiger partial charge in [-0.2, -0.15) is 16.8 Å². The zero-order chi connectivity index (χ0) is 23.8. The van der Waals surface area contributed by atoms with Gasteiger partial charge in [-0.25, -0.2) is 0 Å². The van der Waals surface area contributed by atoms with Crippen LogP contribution in [-0.2, 0) is 33.3 Å². The van der Waals surface area contributed by atoms with Crippen molar-refractivity contribution in [2.45, 2.75) is 22.9 Å². The quantitative estimate of drug-likeness (QED) is 0.356. The summed E-state index contributed by atoms with van der Waals surface area (Å²) >= 11 is 0. The monoisotopic (exact) mass is 487 g/mol. The number of hydrogen-bond acceptors (Lipinski definition) is 6. The zero-order valence-electron chi connectivity index (χ0n) is 17.5. The summed E-state index contributed by atoms with van der Waals surface area (Å²) in [5.41, 5.74) is 3.28. The standard InChI is InChI=1S/C23H21NO7S2/c1-31-17-9-10-19(23(12-17)33(28,29)30)20(18-7-4-6-16-13-24-14-21(16)18)11-15-5-2-3-8-22(15)32(25,26)27/h2-12,24H,13-14H2,1H3,(H,25,26,27)(H,28,29,30). The molecule has 33 heavy (non-hydrogen) atoms. The van der Waals surface area contributed by atoms with Crippen LogP contribution in [0.3, 0.4) is 0 Å². The van der Waals surface area contributed by atoms with Crippen molar-refractivity contribution < 1.29 is 30.7 Å². The Labute approximate surface area is 192 Å². The van der Waals surface area contributed by atoms with Crippen molar-refractivity contribution in [2.24, 2.45) is 0 Å². The second-order valence-electron chi connectivity index (χ2n) is 7.45. The van der Waals surface area contributed by atoms with Crippen molar-refractivity contribution in [3.8, 4) is 5.75 Å². The highest BCUT2D eigenvalue weighted by Gasteiger charge is 2.24. The molecule has 3 aromatic rings. The van der Waals surface area contributed by atoms with Crippen LogP contribution in [0.25, 0.3) is 11.6 Å². The van der Waals surface area contributed by atoms with E-state index in [9.17, 15) is 25.9 Å². The van der Waals surface area contributed by atoms with Gasteiger partial charge in [-0.05, 0) is 52.1 Å². The average Bonchev–Trinajstić information content (AvgIpc) is 3.25. The fourth-order valence-corrected chi connectivity index (χ4v) is 5.34. The Hall–Kier alpha value is -3.02. The van der Waals surface area contributed by atoms with Gasteiger partial charge in [0.15, 0.2) is 0 Å². The summed E-state index contributed by atoms with van der Waals surface area (Å²) in [5, 5.41) is 3.25. The van der Waals surface area contributed by atoms with E-state index in [4.69, 9.17) is 4.74 Å². The fraction of sp³-hybridized carbons (Fsp3) is 0.130. The van der Waals surface area contributed by atoms with E-state index in [2.05, 4.69) is 5.32 Å². The lowest BCUT2D eigenvalue weighted by Gasteiger charge is -2.17. The summed E-state index contributed by atoms with van der Waals surface area (Å²) in [6, 6.07) is 15.6. The van der Waals surface area contributed by atoms with Crippen LogP contribution in [0.2, 0.25) is 0 Å². The SMILES string of the molecule is COc1ccc(C(=Cc2ccccc2S(=O)(=O)O)c2cccc3c2CNC3)c(S(=O)(=O)O)c1. The van der Waals surface area contributed by atoms with Gasteiger partial charge in [0, 0.05) is 24.7 Å². The molecule has 3 N–H and O–H groups in total. The summed E-state index contributed by atoms with van der Waals surface area (Å²) in [6.07, 6.45) is 1.49. The molecule has 0 aromatic heterocycles. The van der Waals surface area contributed by atoms with Crippen LogP contribution in [0.4, 0.5) is 0 Å². The van der Waals surface area contributed by atoms with Gasteiger partial charge in [0.2, 0.25) is 0 Å². The fourth-order valence-electron chi connectivity index (χ4n) is 3.94. The number of benzene rings is 3. The minimum absolute atomic E-state index is 0.156. The molecular weight excluding hydrogens is 466 g/mol. The zero-order valence-corrected chi connectivity index (χ0v) is 19.2. The van der Waals surface area contributed by atoms with Gasteiger partial charge in [0.1, 0.15) is 15.5 Å². The van der Waals surface area contributed by atoms with E-state index >= 15 is 0 Å². The first kappa shape index (κ1) is 23.1. The minimum atomic E-state index is -4.67. The number of hydrogen-bond donors (Lipinski definition) is 3. The summed E-state index contributed by atoms with van der Waals surface area (Å²) in [6.45, 7) is 1.16. The van der Waals surface area contributed by atoms with Crippen molar-refractivity contribution in [2.75, 3.05) is 7.11 Å². The third kappa shape index (κ3) is 4.70. The molecule has 0 unspecified atom stereocenters. The van der Waals surface area contributed by atoms with Gasteiger partial charge < -0.3 is 10.1 Å². The predicted octanol–water partition coefficient (Wildman–Crippen LogP) is 3.38. The Morgan fingerprint density at radius 2 is 1.61 bits per heavy atom. The lowest BCUT2D eigenvalue weighted by Crippen LogP contribution is -2.07. The Balaban J connectivity index is 2.09. The van der Waals surface area contributed by atoms with E-state index < -0.39 is 20.2 Å². The summed E-state index contributed by atoms with van der Waals surface area (Å²) < 4.78 is 73.3. The molecule has 0 fully saturated rings. The molecule has 0 saturated heterocycles. The van der Waals surface area contributed by atoms with Gasteiger partial charge in [-0.15, -0.1) is 0 Å². The number of ether oxygens (including phenoxy) is 1. The molecule has 0 radical (unpaired) electrons. The van der Waals surface area contributed by atoms with Crippen LogP contribution in [0.5, 0.6) is 5.75 Å². The van der Waals surface area contributed by atoms with Crippen molar-refractivity contribution >= 4 is 31.9 Å². The molecule has 0 saturated carbocycles. The van der Waals surface area contributed by atoms with Gasteiger partial charge in [0.05, 0.1) is 7.11 Å². The van der Waals surface area contributed by atoms with Crippen molar-refractivity contribution in [3.63, 3.8) is 0 Å². The molecule has 10 heteroatoms. The van der Waals surface area contributed by atoms with Crippen molar-refractivity contribution in [1.29, 1.82) is 0 Å². The molecule has 0 atom stereocenters. The summed E-state index contributed by atoms with van der Waals surface area (Å²) in [7, 11) is -7.84. The van der Waals surface area contributed by atoms with E-state index in [0.29, 0.717) is 24.2 Å². The number of fused-ring (bicyclic) bond motifs is 1. The first-order chi connectivity index (χ1) is 15.6. The van der Waals surface area contributed by atoms with Gasteiger partial charge >= 0.3 is 0 Å². The Bertz CT molecular complexity index is 1480. The van der Waals surface area contributed by atoms with E-state index in [1.54, 1.807) is 18.2 Å². The van der Waals surface area contributed by atoms with Crippen LogP contribution >= 0.6 is 0 Å². The van der Waals surface area contributed by atoms with Crippen LogP contribution in [0.15, 0.2) is 70.5 Å². The minimum Gasteiger partial charge on any atom is -0.497 e. The molecule has 1 aliphatic rings. The molecule has 1 aliphatic heterocycles. The highest BCUT2D eigenvalue weighted by Crippen LogP contribution is 2.37. The van der Waals surface area contributed by atoms with Gasteiger partial charge in [-0.3, -0.25) is 9.11 Å². The normalized spacial score (nSPS) is 14.2. The molecular formula is C23H21NO7S2. The van der Waals surface area contributed by atoms with Crippen molar-refractivity contribution in [1.82, 2.24) is 5.32 Å². The van der Waals surface area contributed by atoms with E-state index in [0.717, 1.165) is 11.1 Å². The summed E-state index contributed by atoms with van der Waals surface area (Å²) in [4.78, 5) is -0.712. The molecule has 3 aromatic carbocycles. The highest BCUT2D eigenvalue weighted by molar-refractivity contribution is 7.86. The molecule has 0 aliphatic carbocycles. The Morgan fingerprint density at radius 3 is 2.30 bits per heavy atom. The molecule has 8 nitrogen and oxygen atoms in total. The third-order valence-electron chi connectivity index (χ3n) is 5.43. The van der Waals surface area contributed by atoms with E-state index in [-0.39, 0.29) is 26.7 Å². The van der Waals surface area contributed by atoms with Crippen LogP contribution in [0.1, 0.15) is 27.8 Å². The second-order valence-corrected chi connectivity index (χ2v) is 10.2. The topological polar surface area (TPSA) is 130 Å². The molecule has 0 amide bonds. The van der Waals surface area contributed by atoms with E-state index in [1.807, 2.05) is 12.1 Å². The predicted molar refractivity (Wildman–Crippen MR) is 123 cm³/mol. The molecule has 0 bridgehead atoms. The Morgan fingerprint density at radius 1 is 0.879 bits per heavy atom. The Kier molecular flexibility index (Phi) is 6.12. The number of nitrogens with one attached hydrogen (secondary N) is 1. The lowest BCUT2D eigenvalue weighted by molar-refractivity contribution is 0.412. The average molecular weight is 488 g/mol. The maximum atomic E-state index is 12.3. The lowest BCUT2D eigenvalue weighted by atomic mass is 9.90. The van der Waals surface area contributed by atoms with Gasteiger partial charge in [-0.1, -0.05) is 36.4 Å². The molecule has 4 rings (SSSR count). The first-order valence-corrected chi connectivity index (χ1v) is 12.7. The largest absolute Gasteiger partial charge is 0.497 e. The molecule has 172 valence electrons. The molecule has 0 spiro atoms. The molecule has 1 heterocycles. The maximum absolute atomic E-state index is 12.3. The van der Waals surface area contributed by atoms with Crippen LogP contribution < -0.4 is 10.1 Å². The highest BCUT2D eigenvalue weighted by atomic mass is 32.2. The summed E-state index contributed by atoms with van der Waals surface area (Å²) in [5.74, 6) is 0.226. The third-order valence-corrected chi connectivity index (χ3v) is 7.26.